The van der Waals surface area contributed by atoms with Crippen molar-refractivity contribution in [3.63, 3.8) is 0 Å². The van der Waals surface area contributed by atoms with Crippen LogP contribution in [0.25, 0.3) is 0 Å². The van der Waals surface area contributed by atoms with Crippen molar-refractivity contribution in [1.82, 2.24) is 5.32 Å². The Morgan fingerprint density at radius 3 is 2.04 bits per heavy atom. The van der Waals surface area contributed by atoms with E-state index in [1.807, 2.05) is 48.5 Å². The number of hydrogen-bond donors (Lipinski definition) is 2. The van der Waals surface area contributed by atoms with Crippen LogP contribution >= 0.6 is 12.2 Å². The predicted molar refractivity (Wildman–Crippen MR) is 95.6 cm³/mol. The smallest absolute Gasteiger partial charge is 0.170 e. The van der Waals surface area contributed by atoms with Crippen LogP contribution in [0.5, 0.6) is 17.2 Å². The van der Waals surface area contributed by atoms with Gasteiger partial charge in [-0.15, -0.1) is 0 Å². The van der Waals surface area contributed by atoms with Crippen molar-refractivity contribution in [2.75, 3.05) is 32.7 Å². The van der Waals surface area contributed by atoms with E-state index < -0.39 is 0 Å². The van der Waals surface area contributed by atoms with Crippen molar-refractivity contribution in [2.45, 2.75) is 0 Å². The molecule has 0 atom stereocenters. The molecule has 0 aliphatic heterocycles. The van der Waals surface area contributed by atoms with Crippen molar-refractivity contribution in [3.05, 3.63) is 48.5 Å². The standard InChI is InChI=1S/C17H20N2O3S/c1-20-12-11-18-17(23)19-13-3-5-15(6-4-13)22-16-9-7-14(21-2)8-10-16/h3-10H,11-12H2,1-2H3,(H2,18,19,23). The van der Waals surface area contributed by atoms with Gasteiger partial charge in [0.25, 0.3) is 0 Å². The molecule has 0 radical (unpaired) electrons. The predicted octanol–water partition coefficient (Wildman–Crippen LogP) is 3.42. The van der Waals surface area contributed by atoms with Gasteiger partial charge in [-0.05, 0) is 60.7 Å². The summed E-state index contributed by atoms with van der Waals surface area (Å²) in [5, 5.41) is 6.71. The third kappa shape index (κ3) is 5.77. The van der Waals surface area contributed by atoms with E-state index in [0.29, 0.717) is 18.3 Å². The van der Waals surface area contributed by atoms with E-state index in [-0.39, 0.29) is 0 Å². The van der Waals surface area contributed by atoms with E-state index in [1.54, 1.807) is 14.2 Å². The van der Waals surface area contributed by atoms with Crippen molar-refractivity contribution in [3.8, 4) is 17.2 Å². The first-order valence-electron chi connectivity index (χ1n) is 7.17. The zero-order valence-corrected chi connectivity index (χ0v) is 14.0. The first-order valence-corrected chi connectivity index (χ1v) is 7.58. The van der Waals surface area contributed by atoms with Crippen molar-refractivity contribution < 1.29 is 14.2 Å². The zero-order valence-electron chi connectivity index (χ0n) is 13.2. The molecule has 0 aromatic heterocycles. The van der Waals surface area contributed by atoms with Gasteiger partial charge in [0.05, 0.1) is 13.7 Å². The molecule has 0 bridgehead atoms. The number of thiocarbonyl (C=S) groups is 1. The second kappa shape index (κ2) is 8.97. The Morgan fingerprint density at radius 2 is 1.48 bits per heavy atom. The summed E-state index contributed by atoms with van der Waals surface area (Å²) in [4.78, 5) is 0. The second-order valence-electron chi connectivity index (χ2n) is 4.68. The molecule has 23 heavy (non-hydrogen) atoms. The van der Waals surface area contributed by atoms with Gasteiger partial charge in [0.1, 0.15) is 17.2 Å². The highest BCUT2D eigenvalue weighted by molar-refractivity contribution is 7.80. The molecule has 122 valence electrons. The van der Waals surface area contributed by atoms with Crippen LogP contribution in [-0.4, -0.2) is 32.5 Å². The van der Waals surface area contributed by atoms with Crippen LogP contribution in [0.3, 0.4) is 0 Å². The first-order chi connectivity index (χ1) is 11.2. The molecule has 2 aromatic rings. The van der Waals surface area contributed by atoms with Gasteiger partial charge in [-0.25, -0.2) is 0 Å². The molecule has 5 nitrogen and oxygen atoms in total. The van der Waals surface area contributed by atoms with Gasteiger partial charge in [0.15, 0.2) is 5.11 Å². The van der Waals surface area contributed by atoms with Crippen LogP contribution in [-0.2, 0) is 4.74 Å². The number of benzene rings is 2. The SMILES string of the molecule is COCCNC(=S)Nc1ccc(Oc2ccc(OC)cc2)cc1. The maximum Gasteiger partial charge on any atom is 0.170 e. The minimum atomic E-state index is 0.561. The van der Waals surface area contributed by atoms with E-state index in [4.69, 9.17) is 26.4 Å². The number of anilines is 1. The lowest BCUT2D eigenvalue weighted by atomic mass is 10.3. The molecule has 0 unspecified atom stereocenters. The summed E-state index contributed by atoms with van der Waals surface area (Å²) < 4.78 is 15.8. The number of ether oxygens (including phenoxy) is 3. The van der Waals surface area contributed by atoms with Gasteiger partial charge in [-0.2, -0.15) is 0 Å². The van der Waals surface area contributed by atoms with Gasteiger partial charge in [0, 0.05) is 19.3 Å². The minimum absolute atomic E-state index is 0.561. The molecule has 0 fully saturated rings. The molecule has 2 N–H and O–H groups in total. The summed E-state index contributed by atoms with van der Waals surface area (Å²) >= 11 is 5.19. The van der Waals surface area contributed by atoms with Crippen LogP contribution in [0.4, 0.5) is 5.69 Å². The first kappa shape index (κ1) is 17.1. The van der Waals surface area contributed by atoms with E-state index in [1.165, 1.54) is 0 Å². The number of hydrogen-bond acceptors (Lipinski definition) is 4. The lowest BCUT2D eigenvalue weighted by molar-refractivity contribution is 0.204. The number of nitrogens with one attached hydrogen (secondary N) is 2. The van der Waals surface area contributed by atoms with Crippen molar-refractivity contribution in [1.29, 1.82) is 0 Å². The van der Waals surface area contributed by atoms with Crippen LogP contribution in [0.2, 0.25) is 0 Å². The van der Waals surface area contributed by atoms with Gasteiger partial charge in [0.2, 0.25) is 0 Å². The summed E-state index contributed by atoms with van der Waals surface area (Å²) in [5.41, 5.74) is 0.891. The van der Waals surface area contributed by atoms with E-state index in [0.717, 1.165) is 22.9 Å². The highest BCUT2D eigenvalue weighted by Gasteiger charge is 2.00. The number of methoxy groups -OCH3 is 2. The van der Waals surface area contributed by atoms with Gasteiger partial charge in [-0.3, -0.25) is 0 Å². The molecule has 0 aliphatic rings. The maximum atomic E-state index is 5.77. The molecular weight excluding hydrogens is 312 g/mol. The normalized spacial score (nSPS) is 10.0. The van der Waals surface area contributed by atoms with E-state index >= 15 is 0 Å². The molecule has 2 rings (SSSR count). The largest absolute Gasteiger partial charge is 0.497 e. The average Bonchev–Trinajstić information content (AvgIpc) is 2.57. The third-order valence-electron chi connectivity index (χ3n) is 3.00. The van der Waals surface area contributed by atoms with Crippen LogP contribution < -0.4 is 20.1 Å². The Morgan fingerprint density at radius 1 is 0.913 bits per heavy atom. The van der Waals surface area contributed by atoms with Crippen LogP contribution in [0.15, 0.2) is 48.5 Å². The summed E-state index contributed by atoms with van der Waals surface area (Å²) in [6.07, 6.45) is 0. The molecular formula is C17H20N2O3S. The molecule has 0 spiro atoms. The molecule has 0 amide bonds. The molecule has 0 saturated heterocycles. The average molecular weight is 332 g/mol. The Balaban J connectivity index is 1.87. The molecule has 0 aliphatic carbocycles. The van der Waals surface area contributed by atoms with Gasteiger partial charge >= 0.3 is 0 Å². The summed E-state index contributed by atoms with van der Waals surface area (Å²) in [6.45, 7) is 1.28. The Labute approximate surface area is 141 Å². The maximum absolute atomic E-state index is 5.77. The molecule has 0 heterocycles. The quantitative estimate of drug-likeness (QED) is 0.598. The van der Waals surface area contributed by atoms with Crippen molar-refractivity contribution >= 4 is 23.0 Å². The Hall–Kier alpha value is -2.31. The molecule has 6 heteroatoms. The number of rotatable bonds is 7. The molecule has 2 aromatic carbocycles. The Bertz CT molecular complexity index is 615. The van der Waals surface area contributed by atoms with Crippen LogP contribution in [0, 0.1) is 0 Å². The fraction of sp³-hybridized carbons (Fsp3) is 0.235. The third-order valence-corrected chi connectivity index (χ3v) is 3.25. The lowest BCUT2D eigenvalue weighted by Crippen LogP contribution is -2.31. The fourth-order valence-electron chi connectivity index (χ4n) is 1.83. The zero-order chi connectivity index (χ0) is 16.5. The second-order valence-corrected chi connectivity index (χ2v) is 5.08. The summed E-state index contributed by atoms with van der Waals surface area (Å²) in [5.74, 6) is 2.30. The van der Waals surface area contributed by atoms with Crippen molar-refractivity contribution in [2.24, 2.45) is 0 Å². The molecule has 0 saturated carbocycles. The minimum Gasteiger partial charge on any atom is -0.497 e. The highest BCUT2D eigenvalue weighted by Crippen LogP contribution is 2.24. The topological polar surface area (TPSA) is 51.8 Å². The van der Waals surface area contributed by atoms with Gasteiger partial charge in [-0.1, -0.05) is 0 Å². The fourth-order valence-corrected chi connectivity index (χ4v) is 2.05. The van der Waals surface area contributed by atoms with E-state index in [2.05, 4.69) is 10.6 Å². The summed E-state index contributed by atoms with van der Waals surface area (Å²) in [7, 11) is 3.29. The lowest BCUT2D eigenvalue weighted by Gasteiger charge is -2.11. The van der Waals surface area contributed by atoms with E-state index in [9.17, 15) is 0 Å². The summed E-state index contributed by atoms with van der Waals surface area (Å²) in [6, 6.07) is 15.0. The highest BCUT2D eigenvalue weighted by atomic mass is 32.1. The monoisotopic (exact) mass is 332 g/mol. The Kier molecular flexibility index (Phi) is 6.65. The van der Waals surface area contributed by atoms with Crippen LogP contribution in [0.1, 0.15) is 0 Å². The van der Waals surface area contributed by atoms with Gasteiger partial charge < -0.3 is 24.8 Å².